The number of ether oxygens (including phenoxy) is 1. The monoisotopic (exact) mass is 243 g/mol. The Morgan fingerprint density at radius 2 is 2.24 bits per heavy atom. The molecule has 96 valence electrons. The molecule has 5 heteroatoms. The largest absolute Gasteiger partial charge is 0.466 e. The minimum atomic E-state index is -1.23. The number of hydrogen-bond acceptors (Lipinski definition) is 4. The Kier molecular flexibility index (Phi) is 2.67. The molecule has 2 aliphatic rings. The molecule has 0 aromatic rings. The lowest BCUT2D eigenvalue weighted by atomic mass is 9.76. The van der Waals surface area contributed by atoms with E-state index in [2.05, 4.69) is 5.16 Å². The number of esters is 1. The third-order valence-electron chi connectivity index (χ3n) is 3.52. The van der Waals surface area contributed by atoms with E-state index in [1.54, 1.807) is 0 Å². The lowest BCUT2D eigenvalue weighted by molar-refractivity contribution is -0.169. The molecule has 3 unspecified atom stereocenters. The van der Waals surface area contributed by atoms with Crippen LogP contribution in [0.1, 0.15) is 33.6 Å². The Morgan fingerprint density at radius 3 is 2.76 bits per heavy atom. The van der Waals surface area contributed by atoms with Crippen LogP contribution in [-0.4, -0.2) is 30.6 Å². The van der Waals surface area contributed by atoms with E-state index < -0.39 is 17.7 Å². The molecule has 4 nitrogen and oxygen atoms in total. The fraction of sp³-hybridized carbons (Fsp3) is 0.833. The van der Waals surface area contributed by atoms with Crippen molar-refractivity contribution in [3.63, 3.8) is 0 Å². The highest BCUT2D eigenvalue weighted by atomic mass is 19.1. The molecule has 0 radical (unpaired) electrons. The van der Waals surface area contributed by atoms with Crippen LogP contribution < -0.4 is 0 Å². The van der Waals surface area contributed by atoms with Gasteiger partial charge in [0, 0.05) is 11.8 Å². The molecule has 0 N–H and O–H groups in total. The van der Waals surface area contributed by atoms with Crippen molar-refractivity contribution >= 4 is 11.7 Å². The van der Waals surface area contributed by atoms with Crippen molar-refractivity contribution < 1.29 is 18.8 Å². The Labute approximate surface area is 100 Å². The van der Waals surface area contributed by atoms with Crippen LogP contribution in [0.5, 0.6) is 0 Å². The normalized spacial score (nSPS) is 36.2. The van der Waals surface area contributed by atoms with Crippen molar-refractivity contribution in [1.29, 1.82) is 0 Å². The number of hydrogen-bond donors (Lipinski definition) is 0. The highest BCUT2D eigenvalue weighted by molar-refractivity contribution is 5.99. The summed E-state index contributed by atoms with van der Waals surface area (Å²) in [7, 11) is 1.29. The number of alkyl halides is 1. The maximum absolute atomic E-state index is 13.6. The first-order chi connectivity index (χ1) is 7.81. The predicted molar refractivity (Wildman–Crippen MR) is 60.3 cm³/mol. The van der Waals surface area contributed by atoms with Crippen molar-refractivity contribution in [2.24, 2.45) is 16.5 Å². The molecule has 17 heavy (non-hydrogen) atoms. The predicted octanol–water partition coefficient (Wildman–Crippen LogP) is 2.08. The molecule has 1 heterocycles. The lowest BCUT2D eigenvalue weighted by Gasteiger charge is -2.26. The van der Waals surface area contributed by atoms with Crippen molar-refractivity contribution in [2.75, 3.05) is 7.11 Å². The fourth-order valence-electron chi connectivity index (χ4n) is 2.72. The molecule has 1 aliphatic heterocycles. The summed E-state index contributed by atoms with van der Waals surface area (Å²) in [5.41, 5.74) is -0.704. The zero-order chi connectivity index (χ0) is 12.8. The number of methoxy groups -OCH3 is 1. The molecule has 0 spiro atoms. The summed E-state index contributed by atoms with van der Waals surface area (Å²) in [4.78, 5) is 17.1. The van der Waals surface area contributed by atoms with Crippen LogP contribution in [0.25, 0.3) is 0 Å². The van der Waals surface area contributed by atoms with Crippen LogP contribution >= 0.6 is 0 Å². The molecule has 0 saturated heterocycles. The van der Waals surface area contributed by atoms with E-state index in [4.69, 9.17) is 9.57 Å². The van der Waals surface area contributed by atoms with Crippen molar-refractivity contribution in [3.8, 4) is 0 Å². The lowest BCUT2D eigenvalue weighted by Crippen LogP contribution is -2.45. The topological polar surface area (TPSA) is 47.9 Å². The SMILES string of the molecule is COC(=O)C12CC(F)CC1C(C(C)(C)C)=NO2. The standard InChI is InChI=1S/C12H18FNO3/c1-11(2,3)9-8-5-7(13)6-12(8,17-14-9)10(15)16-4/h7-8H,5-6H2,1-4H3. The van der Waals surface area contributed by atoms with Gasteiger partial charge >= 0.3 is 5.97 Å². The average molecular weight is 243 g/mol. The van der Waals surface area contributed by atoms with E-state index in [0.29, 0.717) is 0 Å². The number of halogens is 1. The number of oxime groups is 1. The molecular weight excluding hydrogens is 225 g/mol. The van der Waals surface area contributed by atoms with E-state index in [1.807, 2.05) is 20.8 Å². The second-order valence-corrected chi connectivity index (χ2v) is 5.79. The van der Waals surface area contributed by atoms with Crippen molar-refractivity contribution in [1.82, 2.24) is 0 Å². The molecule has 0 aromatic carbocycles. The van der Waals surface area contributed by atoms with Gasteiger partial charge in [-0.05, 0) is 6.42 Å². The van der Waals surface area contributed by atoms with Gasteiger partial charge in [0.2, 0.25) is 5.60 Å². The zero-order valence-electron chi connectivity index (χ0n) is 10.6. The fourth-order valence-corrected chi connectivity index (χ4v) is 2.72. The van der Waals surface area contributed by atoms with E-state index in [0.717, 1.165) is 5.71 Å². The molecule has 1 aliphatic carbocycles. The smallest absolute Gasteiger partial charge is 0.353 e. The first-order valence-corrected chi connectivity index (χ1v) is 5.80. The highest BCUT2D eigenvalue weighted by Crippen LogP contribution is 2.49. The third kappa shape index (κ3) is 1.72. The Morgan fingerprint density at radius 1 is 1.59 bits per heavy atom. The molecule has 1 fully saturated rings. The highest BCUT2D eigenvalue weighted by Gasteiger charge is 2.63. The van der Waals surface area contributed by atoms with Gasteiger partial charge in [0.1, 0.15) is 6.17 Å². The second kappa shape index (κ2) is 3.68. The summed E-state index contributed by atoms with van der Waals surface area (Å²) in [6.45, 7) is 5.94. The van der Waals surface area contributed by atoms with Gasteiger partial charge in [-0.15, -0.1) is 0 Å². The van der Waals surface area contributed by atoms with Crippen molar-refractivity contribution in [2.45, 2.75) is 45.4 Å². The van der Waals surface area contributed by atoms with E-state index >= 15 is 0 Å². The summed E-state index contributed by atoms with van der Waals surface area (Å²) in [6, 6.07) is 0. The molecule has 2 rings (SSSR count). The Bertz CT molecular complexity index is 374. The van der Waals surface area contributed by atoms with Gasteiger partial charge < -0.3 is 9.57 Å². The van der Waals surface area contributed by atoms with Gasteiger partial charge in [-0.1, -0.05) is 25.9 Å². The maximum Gasteiger partial charge on any atom is 0.353 e. The van der Waals surface area contributed by atoms with Crippen LogP contribution in [0.3, 0.4) is 0 Å². The minimum Gasteiger partial charge on any atom is -0.466 e. The Hall–Kier alpha value is -1.13. The molecule has 0 amide bonds. The number of rotatable bonds is 1. The van der Waals surface area contributed by atoms with E-state index in [-0.39, 0.29) is 24.2 Å². The van der Waals surface area contributed by atoms with Crippen LogP contribution in [0.15, 0.2) is 5.16 Å². The van der Waals surface area contributed by atoms with Crippen LogP contribution in [-0.2, 0) is 14.4 Å². The van der Waals surface area contributed by atoms with Gasteiger partial charge in [0.25, 0.3) is 0 Å². The average Bonchev–Trinajstić information content (AvgIpc) is 2.69. The van der Waals surface area contributed by atoms with E-state index in [9.17, 15) is 9.18 Å². The van der Waals surface area contributed by atoms with Crippen molar-refractivity contribution in [3.05, 3.63) is 0 Å². The van der Waals surface area contributed by atoms with Crippen LogP contribution in [0.2, 0.25) is 0 Å². The summed E-state index contributed by atoms with van der Waals surface area (Å²) in [5.74, 6) is -0.824. The van der Waals surface area contributed by atoms with Gasteiger partial charge in [0.15, 0.2) is 0 Å². The quantitative estimate of drug-likeness (QED) is 0.662. The van der Waals surface area contributed by atoms with Gasteiger partial charge in [0.05, 0.1) is 18.7 Å². The van der Waals surface area contributed by atoms with Gasteiger partial charge in [-0.25, -0.2) is 9.18 Å². The van der Waals surface area contributed by atoms with Crippen LogP contribution in [0.4, 0.5) is 4.39 Å². The van der Waals surface area contributed by atoms with Gasteiger partial charge in [-0.3, -0.25) is 0 Å². The molecule has 3 atom stereocenters. The maximum atomic E-state index is 13.6. The summed E-state index contributed by atoms with van der Waals surface area (Å²) < 4.78 is 18.3. The molecular formula is C12H18FNO3. The first-order valence-electron chi connectivity index (χ1n) is 5.80. The van der Waals surface area contributed by atoms with Crippen LogP contribution in [0, 0.1) is 11.3 Å². The third-order valence-corrected chi connectivity index (χ3v) is 3.52. The molecule has 0 aromatic heterocycles. The number of fused-ring (bicyclic) bond motifs is 1. The Balaban J connectivity index is 2.35. The second-order valence-electron chi connectivity index (χ2n) is 5.79. The number of nitrogens with zero attached hydrogens (tertiary/aromatic N) is 1. The summed E-state index contributed by atoms with van der Waals surface area (Å²) in [6.07, 6.45) is -0.717. The summed E-state index contributed by atoms with van der Waals surface area (Å²) >= 11 is 0. The summed E-state index contributed by atoms with van der Waals surface area (Å²) in [5, 5.41) is 4.02. The first kappa shape index (κ1) is 12.3. The number of carbonyl (C=O) groups is 1. The molecule has 1 saturated carbocycles. The number of carbonyl (C=O) groups excluding carboxylic acids is 1. The van der Waals surface area contributed by atoms with E-state index in [1.165, 1.54) is 7.11 Å². The molecule has 0 bridgehead atoms. The zero-order valence-corrected chi connectivity index (χ0v) is 10.6. The minimum absolute atomic E-state index is 0.0351. The van der Waals surface area contributed by atoms with Gasteiger partial charge in [-0.2, -0.15) is 0 Å².